The molecule has 0 saturated heterocycles. The van der Waals surface area contributed by atoms with Crippen LogP contribution in [0.15, 0.2) is 22.7 Å². The zero-order chi connectivity index (χ0) is 13.4. The summed E-state index contributed by atoms with van der Waals surface area (Å²) in [5.41, 5.74) is 1.20. The molecule has 1 aromatic carbocycles. The molecule has 102 valence electrons. The van der Waals surface area contributed by atoms with Crippen molar-refractivity contribution in [2.24, 2.45) is 0 Å². The highest BCUT2D eigenvalue weighted by Gasteiger charge is 2.14. The van der Waals surface area contributed by atoms with Gasteiger partial charge in [-0.15, -0.1) is 0 Å². The topological polar surface area (TPSA) is 21.3 Å². The maximum atomic E-state index is 5.97. The van der Waals surface area contributed by atoms with Crippen LogP contribution >= 0.6 is 27.5 Å². The summed E-state index contributed by atoms with van der Waals surface area (Å²) < 4.78 is 6.70. The maximum Gasteiger partial charge on any atom is 0.0661 e. The Balaban J connectivity index is 2.73. The average molecular weight is 335 g/mol. The van der Waals surface area contributed by atoms with Crippen LogP contribution in [0, 0.1) is 0 Å². The minimum absolute atomic E-state index is 0.211. The van der Waals surface area contributed by atoms with Crippen molar-refractivity contribution in [3.8, 4) is 0 Å². The van der Waals surface area contributed by atoms with Crippen LogP contribution in [-0.4, -0.2) is 19.8 Å². The first-order valence-electron chi connectivity index (χ1n) is 6.45. The lowest BCUT2D eigenvalue weighted by atomic mass is 10.1. The summed E-state index contributed by atoms with van der Waals surface area (Å²) in [6.45, 7) is 6.75. The quantitative estimate of drug-likeness (QED) is 0.703. The van der Waals surface area contributed by atoms with Gasteiger partial charge in [0.2, 0.25) is 0 Å². The molecule has 0 aliphatic heterocycles. The highest BCUT2D eigenvalue weighted by molar-refractivity contribution is 9.10. The molecule has 0 radical (unpaired) electrons. The number of ether oxygens (including phenoxy) is 1. The minimum Gasteiger partial charge on any atom is -0.379 e. The first-order chi connectivity index (χ1) is 8.69. The monoisotopic (exact) mass is 333 g/mol. The van der Waals surface area contributed by atoms with Gasteiger partial charge in [0, 0.05) is 16.1 Å². The summed E-state index contributed by atoms with van der Waals surface area (Å²) in [6.07, 6.45) is 2.15. The van der Waals surface area contributed by atoms with Crippen LogP contribution in [0.5, 0.6) is 0 Å². The van der Waals surface area contributed by atoms with Gasteiger partial charge in [-0.05, 0) is 37.1 Å². The molecular formula is C14H21BrClNO. The minimum atomic E-state index is 0.211. The van der Waals surface area contributed by atoms with E-state index < -0.39 is 0 Å². The van der Waals surface area contributed by atoms with E-state index in [2.05, 4.69) is 41.2 Å². The summed E-state index contributed by atoms with van der Waals surface area (Å²) in [5.74, 6) is 0. The van der Waals surface area contributed by atoms with E-state index in [-0.39, 0.29) is 6.04 Å². The van der Waals surface area contributed by atoms with Gasteiger partial charge in [0.1, 0.15) is 0 Å². The molecule has 1 rings (SSSR count). The van der Waals surface area contributed by atoms with Gasteiger partial charge < -0.3 is 10.1 Å². The fourth-order valence-electron chi connectivity index (χ4n) is 1.71. The fourth-order valence-corrected chi connectivity index (χ4v) is 2.67. The second-order valence-electron chi connectivity index (χ2n) is 4.25. The highest BCUT2D eigenvalue weighted by Crippen LogP contribution is 2.27. The Bertz CT molecular complexity index is 360. The van der Waals surface area contributed by atoms with Crippen molar-refractivity contribution in [2.75, 3.05) is 19.8 Å². The largest absolute Gasteiger partial charge is 0.379 e. The summed E-state index contributed by atoms with van der Waals surface area (Å²) in [4.78, 5) is 0. The standard InChI is InChI=1S/C14H21BrClNO/c1-3-7-17-14(10-18-8-4-2)12-6-5-11(16)9-13(12)15/h5-6,9,14,17H,3-4,7-8,10H2,1-2H3. The predicted molar refractivity (Wildman–Crippen MR) is 81.3 cm³/mol. The van der Waals surface area contributed by atoms with Gasteiger partial charge in [-0.3, -0.25) is 0 Å². The van der Waals surface area contributed by atoms with Crippen LogP contribution in [0.4, 0.5) is 0 Å². The van der Waals surface area contributed by atoms with E-state index in [4.69, 9.17) is 16.3 Å². The van der Waals surface area contributed by atoms with Gasteiger partial charge >= 0.3 is 0 Å². The zero-order valence-electron chi connectivity index (χ0n) is 11.0. The lowest BCUT2D eigenvalue weighted by Gasteiger charge is -2.20. The molecule has 1 atom stereocenters. The Morgan fingerprint density at radius 1 is 1.33 bits per heavy atom. The van der Waals surface area contributed by atoms with E-state index in [1.807, 2.05) is 12.1 Å². The lowest BCUT2D eigenvalue weighted by molar-refractivity contribution is 0.112. The molecule has 0 aliphatic rings. The van der Waals surface area contributed by atoms with E-state index in [1.54, 1.807) is 0 Å². The molecule has 0 amide bonds. The van der Waals surface area contributed by atoms with E-state index in [9.17, 15) is 0 Å². The van der Waals surface area contributed by atoms with Gasteiger partial charge in [0.15, 0.2) is 0 Å². The Kier molecular flexibility index (Phi) is 7.91. The first kappa shape index (κ1) is 16.0. The van der Waals surface area contributed by atoms with Crippen LogP contribution < -0.4 is 5.32 Å². The molecule has 0 bridgehead atoms. The normalized spacial score (nSPS) is 12.7. The number of hydrogen-bond donors (Lipinski definition) is 1. The van der Waals surface area contributed by atoms with Gasteiger partial charge in [-0.2, -0.15) is 0 Å². The number of rotatable bonds is 8. The van der Waals surface area contributed by atoms with Crippen molar-refractivity contribution < 1.29 is 4.74 Å². The van der Waals surface area contributed by atoms with E-state index in [1.165, 1.54) is 5.56 Å². The average Bonchev–Trinajstić information content (AvgIpc) is 2.34. The summed E-state index contributed by atoms with van der Waals surface area (Å²) >= 11 is 9.54. The molecule has 1 N–H and O–H groups in total. The van der Waals surface area contributed by atoms with E-state index in [0.717, 1.165) is 35.5 Å². The lowest BCUT2D eigenvalue weighted by Crippen LogP contribution is -2.26. The molecule has 1 unspecified atom stereocenters. The van der Waals surface area contributed by atoms with Crippen molar-refractivity contribution in [1.29, 1.82) is 0 Å². The Labute approximate surface area is 123 Å². The zero-order valence-corrected chi connectivity index (χ0v) is 13.4. The molecule has 0 heterocycles. The van der Waals surface area contributed by atoms with Gasteiger partial charge in [-0.25, -0.2) is 0 Å². The molecule has 18 heavy (non-hydrogen) atoms. The molecule has 0 aliphatic carbocycles. The molecular weight excluding hydrogens is 314 g/mol. The molecule has 0 fully saturated rings. The van der Waals surface area contributed by atoms with Crippen LogP contribution in [0.25, 0.3) is 0 Å². The highest BCUT2D eigenvalue weighted by atomic mass is 79.9. The number of hydrogen-bond acceptors (Lipinski definition) is 2. The Morgan fingerprint density at radius 3 is 2.72 bits per heavy atom. The first-order valence-corrected chi connectivity index (χ1v) is 7.62. The van der Waals surface area contributed by atoms with Crippen molar-refractivity contribution in [1.82, 2.24) is 5.32 Å². The second-order valence-corrected chi connectivity index (χ2v) is 5.54. The second kappa shape index (κ2) is 8.92. The molecule has 2 nitrogen and oxygen atoms in total. The van der Waals surface area contributed by atoms with Crippen LogP contribution in [0.2, 0.25) is 5.02 Å². The van der Waals surface area contributed by atoms with Crippen molar-refractivity contribution >= 4 is 27.5 Å². The Hall–Kier alpha value is -0.0900. The van der Waals surface area contributed by atoms with E-state index in [0.29, 0.717) is 6.61 Å². The van der Waals surface area contributed by atoms with Crippen LogP contribution in [0.1, 0.15) is 38.3 Å². The third-order valence-electron chi connectivity index (χ3n) is 2.61. The van der Waals surface area contributed by atoms with Crippen LogP contribution in [-0.2, 0) is 4.74 Å². The SMILES string of the molecule is CCCNC(COCCC)c1ccc(Cl)cc1Br. The van der Waals surface area contributed by atoms with Crippen LogP contribution in [0.3, 0.4) is 0 Å². The van der Waals surface area contributed by atoms with Crippen molar-refractivity contribution in [2.45, 2.75) is 32.7 Å². The van der Waals surface area contributed by atoms with E-state index >= 15 is 0 Å². The molecule has 0 spiro atoms. The predicted octanol–water partition coefficient (Wildman–Crippen LogP) is 4.57. The smallest absolute Gasteiger partial charge is 0.0661 e. The van der Waals surface area contributed by atoms with Crippen molar-refractivity contribution in [3.05, 3.63) is 33.3 Å². The Morgan fingerprint density at radius 2 is 2.11 bits per heavy atom. The number of nitrogens with one attached hydrogen (secondary N) is 1. The molecule has 4 heteroatoms. The summed E-state index contributed by atoms with van der Waals surface area (Å²) in [7, 11) is 0. The fraction of sp³-hybridized carbons (Fsp3) is 0.571. The molecule has 1 aromatic rings. The molecule has 0 aromatic heterocycles. The van der Waals surface area contributed by atoms with Crippen molar-refractivity contribution in [3.63, 3.8) is 0 Å². The molecule has 0 saturated carbocycles. The van der Waals surface area contributed by atoms with Gasteiger partial charge in [-0.1, -0.05) is 47.4 Å². The summed E-state index contributed by atoms with van der Waals surface area (Å²) in [6, 6.07) is 6.11. The van der Waals surface area contributed by atoms with Gasteiger partial charge in [0.25, 0.3) is 0 Å². The maximum absolute atomic E-state index is 5.97. The third kappa shape index (κ3) is 5.27. The number of halogens is 2. The van der Waals surface area contributed by atoms with Gasteiger partial charge in [0.05, 0.1) is 12.6 Å². The third-order valence-corrected chi connectivity index (χ3v) is 3.53. The number of benzene rings is 1. The summed E-state index contributed by atoms with van der Waals surface area (Å²) in [5, 5.41) is 4.25.